The van der Waals surface area contributed by atoms with E-state index in [4.69, 9.17) is 0 Å². The SMILES string of the molecule is Cc1ccc(Sc2cccc(F)c2[N+](=O)[O-])cc1C. The van der Waals surface area contributed by atoms with E-state index in [0.717, 1.165) is 22.1 Å². The summed E-state index contributed by atoms with van der Waals surface area (Å²) < 4.78 is 13.5. The molecule has 0 N–H and O–H groups in total. The number of rotatable bonds is 3. The fraction of sp³-hybridized carbons (Fsp3) is 0.143. The second-order valence-corrected chi connectivity index (χ2v) is 5.31. The van der Waals surface area contributed by atoms with Gasteiger partial charge < -0.3 is 0 Å². The van der Waals surface area contributed by atoms with E-state index in [1.807, 2.05) is 32.0 Å². The van der Waals surface area contributed by atoms with E-state index in [0.29, 0.717) is 4.90 Å². The van der Waals surface area contributed by atoms with Crippen LogP contribution < -0.4 is 0 Å². The molecule has 0 aliphatic rings. The Labute approximate surface area is 114 Å². The number of hydrogen-bond donors (Lipinski definition) is 0. The minimum Gasteiger partial charge on any atom is -0.258 e. The van der Waals surface area contributed by atoms with Crippen LogP contribution >= 0.6 is 11.8 Å². The zero-order chi connectivity index (χ0) is 14.0. The molecule has 0 aliphatic carbocycles. The molecular formula is C14H12FNO2S. The zero-order valence-corrected chi connectivity index (χ0v) is 11.3. The van der Waals surface area contributed by atoms with Gasteiger partial charge in [-0.2, -0.15) is 4.39 Å². The normalized spacial score (nSPS) is 10.5. The van der Waals surface area contributed by atoms with Crippen molar-refractivity contribution in [1.82, 2.24) is 0 Å². The molecule has 19 heavy (non-hydrogen) atoms. The average molecular weight is 277 g/mol. The highest BCUT2D eigenvalue weighted by atomic mass is 32.2. The van der Waals surface area contributed by atoms with Gasteiger partial charge in [0, 0.05) is 4.90 Å². The van der Waals surface area contributed by atoms with E-state index in [1.54, 1.807) is 6.07 Å². The smallest absolute Gasteiger partial charge is 0.258 e. The standard InChI is InChI=1S/C14H12FNO2S/c1-9-6-7-11(8-10(9)2)19-13-5-3-4-12(15)14(13)16(17)18/h3-8H,1-2H3. The summed E-state index contributed by atoms with van der Waals surface area (Å²) in [4.78, 5) is 11.4. The Balaban J connectivity index is 2.40. The van der Waals surface area contributed by atoms with E-state index in [1.165, 1.54) is 17.8 Å². The molecule has 2 aromatic rings. The van der Waals surface area contributed by atoms with E-state index < -0.39 is 16.4 Å². The molecule has 5 heteroatoms. The van der Waals surface area contributed by atoms with Gasteiger partial charge in [-0.05, 0) is 49.2 Å². The van der Waals surface area contributed by atoms with E-state index >= 15 is 0 Å². The summed E-state index contributed by atoms with van der Waals surface area (Å²) >= 11 is 1.20. The van der Waals surface area contributed by atoms with Crippen LogP contribution in [-0.4, -0.2) is 4.92 Å². The van der Waals surface area contributed by atoms with Gasteiger partial charge in [-0.1, -0.05) is 23.9 Å². The molecule has 0 fully saturated rings. The molecule has 0 radical (unpaired) electrons. The number of nitro groups is 1. The number of aryl methyl sites for hydroxylation is 2. The van der Waals surface area contributed by atoms with E-state index in [-0.39, 0.29) is 0 Å². The Hall–Kier alpha value is -1.88. The first-order valence-corrected chi connectivity index (χ1v) is 6.48. The summed E-state index contributed by atoms with van der Waals surface area (Å²) in [7, 11) is 0. The summed E-state index contributed by atoms with van der Waals surface area (Å²) in [6, 6.07) is 9.90. The molecule has 0 saturated carbocycles. The first-order valence-electron chi connectivity index (χ1n) is 5.67. The van der Waals surface area contributed by atoms with Crippen LogP contribution in [0.5, 0.6) is 0 Å². The van der Waals surface area contributed by atoms with Gasteiger partial charge in [0.15, 0.2) is 0 Å². The molecule has 0 aromatic heterocycles. The lowest BCUT2D eigenvalue weighted by Crippen LogP contribution is -1.94. The lowest BCUT2D eigenvalue weighted by molar-refractivity contribution is -0.390. The molecule has 2 rings (SSSR count). The lowest BCUT2D eigenvalue weighted by Gasteiger charge is -2.06. The monoisotopic (exact) mass is 277 g/mol. The second kappa shape index (κ2) is 5.40. The molecule has 0 aliphatic heterocycles. The van der Waals surface area contributed by atoms with Gasteiger partial charge in [0.2, 0.25) is 5.82 Å². The molecule has 0 unspecified atom stereocenters. The fourth-order valence-electron chi connectivity index (χ4n) is 1.66. The van der Waals surface area contributed by atoms with Crippen molar-refractivity contribution in [2.45, 2.75) is 23.6 Å². The third-order valence-electron chi connectivity index (χ3n) is 2.84. The summed E-state index contributed by atoms with van der Waals surface area (Å²) in [5.41, 5.74) is 1.79. The van der Waals surface area contributed by atoms with E-state index in [9.17, 15) is 14.5 Å². The fourth-order valence-corrected chi connectivity index (χ4v) is 2.70. The Bertz CT molecular complexity index is 643. The molecule has 0 heterocycles. The van der Waals surface area contributed by atoms with Crippen molar-refractivity contribution < 1.29 is 9.31 Å². The van der Waals surface area contributed by atoms with Crippen LogP contribution in [0.25, 0.3) is 0 Å². The molecular weight excluding hydrogens is 265 g/mol. The number of nitro benzene ring substituents is 1. The molecule has 0 bridgehead atoms. The predicted octanol–water partition coefficient (Wildman–Crippen LogP) is 4.50. The topological polar surface area (TPSA) is 43.1 Å². The van der Waals surface area contributed by atoms with Gasteiger partial charge in [-0.25, -0.2) is 0 Å². The summed E-state index contributed by atoms with van der Waals surface area (Å²) in [6.45, 7) is 3.97. The van der Waals surface area contributed by atoms with Crippen molar-refractivity contribution in [2.24, 2.45) is 0 Å². The predicted molar refractivity (Wildman–Crippen MR) is 73.1 cm³/mol. The van der Waals surface area contributed by atoms with Crippen LogP contribution in [0.3, 0.4) is 0 Å². The summed E-state index contributed by atoms with van der Waals surface area (Å²) in [6.07, 6.45) is 0. The molecule has 3 nitrogen and oxygen atoms in total. The first kappa shape index (κ1) is 13.5. The largest absolute Gasteiger partial charge is 0.318 e. The second-order valence-electron chi connectivity index (χ2n) is 4.19. The van der Waals surface area contributed by atoms with Crippen molar-refractivity contribution in [1.29, 1.82) is 0 Å². The molecule has 98 valence electrons. The van der Waals surface area contributed by atoms with Crippen LogP contribution in [0, 0.1) is 29.8 Å². The maximum Gasteiger partial charge on any atom is 0.318 e. The van der Waals surface area contributed by atoms with Crippen molar-refractivity contribution in [3.8, 4) is 0 Å². The Morgan fingerprint density at radius 2 is 1.89 bits per heavy atom. The highest BCUT2D eigenvalue weighted by Gasteiger charge is 2.20. The van der Waals surface area contributed by atoms with Crippen LogP contribution in [0.15, 0.2) is 46.2 Å². The highest BCUT2D eigenvalue weighted by molar-refractivity contribution is 7.99. The van der Waals surface area contributed by atoms with Gasteiger partial charge in [0.05, 0.1) is 9.82 Å². The number of benzene rings is 2. The quantitative estimate of drug-likeness (QED) is 0.612. The van der Waals surface area contributed by atoms with Crippen molar-refractivity contribution in [2.75, 3.05) is 0 Å². The Morgan fingerprint density at radius 3 is 2.53 bits per heavy atom. The van der Waals surface area contributed by atoms with Crippen LogP contribution in [0.4, 0.5) is 10.1 Å². The van der Waals surface area contributed by atoms with Crippen LogP contribution in [0.1, 0.15) is 11.1 Å². The highest BCUT2D eigenvalue weighted by Crippen LogP contribution is 2.36. The van der Waals surface area contributed by atoms with Crippen molar-refractivity contribution in [3.05, 3.63) is 63.5 Å². The van der Waals surface area contributed by atoms with Crippen molar-refractivity contribution >= 4 is 17.4 Å². The Morgan fingerprint density at radius 1 is 1.16 bits per heavy atom. The van der Waals surface area contributed by atoms with Crippen molar-refractivity contribution in [3.63, 3.8) is 0 Å². The number of halogens is 1. The summed E-state index contributed by atoms with van der Waals surface area (Å²) in [5, 5.41) is 10.9. The van der Waals surface area contributed by atoms with Crippen LogP contribution in [-0.2, 0) is 0 Å². The minimum absolute atomic E-state index is 0.313. The third kappa shape index (κ3) is 2.93. The van der Waals surface area contributed by atoms with E-state index in [2.05, 4.69) is 0 Å². The van der Waals surface area contributed by atoms with Gasteiger partial charge in [0.1, 0.15) is 0 Å². The van der Waals surface area contributed by atoms with Gasteiger partial charge in [0.25, 0.3) is 0 Å². The molecule has 0 spiro atoms. The molecule has 0 atom stereocenters. The molecule has 2 aromatic carbocycles. The maximum absolute atomic E-state index is 13.5. The molecule has 0 saturated heterocycles. The number of hydrogen-bond acceptors (Lipinski definition) is 3. The zero-order valence-electron chi connectivity index (χ0n) is 10.5. The third-order valence-corrected chi connectivity index (χ3v) is 3.88. The molecule has 0 amide bonds. The lowest BCUT2D eigenvalue weighted by atomic mass is 10.1. The van der Waals surface area contributed by atoms with Crippen LogP contribution in [0.2, 0.25) is 0 Å². The van der Waals surface area contributed by atoms with Gasteiger partial charge >= 0.3 is 5.69 Å². The average Bonchev–Trinajstić information content (AvgIpc) is 2.33. The number of para-hydroxylation sites is 1. The number of nitrogens with zero attached hydrogens (tertiary/aromatic N) is 1. The maximum atomic E-state index is 13.5. The summed E-state index contributed by atoms with van der Waals surface area (Å²) in [5.74, 6) is -0.807. The Kier molecular flexibility index (Phi) is 3.85. The van der Waals surface area contributed by atoms with Gasteiger partial charge in [-0.3, -0.25) is 10.1 Å². The first-order chi connectivity index (χ1) is 8.99. The minimum atomic E-state index is -0.807. The van der Waals surface area contributed by atoms with Gasteiger partial charge in [-0.15, -0.1) is 0 Å².